The van der Waals surface area contributed by atoms with Gasteiger partial charge in [0.05, 0.1) is 24.4 Å². The van der Waals surface area contributed by atoms with E-state index in [1.54, 1.807) is 18.2 Å². The zero-order chi connectivity index (χ0) is 22.3. The molecule has 0 atom stereocenters. The molecule has 2 aromatic rings. The number of rotatable bonds is 9. The summed E-state index contributed by atoms with van der Waals surface area (Å²) in [5.74, 6) is -10.2. The number of halogens is 5. The number of carbonyl (C=O) groups is 2. The Bertz CT molecular complexity index is 952. The molecule has 0 fully saturated rings. The van der Waals surface area contributed by atoms with E-state index in [4.69, 9.17) is 4.74 Å². The van der Waals surface area contributed by atoms with Crippen LogP contribution in [0, 0.1) is 17.5 Å². The van der Waals surface area contributed by atoms with Crippen molar-refractivity contribution in [1.29, 1.82) is 0 Å². The van der Waals surface area contributed by atoms with Gasteiger partial charge in [0, 0.05) is 12.4 Å². The van der Waals surface area contributed by atoms with E-state index in [0.29, 0.717) is 5.69 Å². The zero-order valence-corrected chi connectivity index (χ0v) is 15.4. The van der Waals surface area contributed by atoms with E-state index >= 15 is 0 Å². The second-order valence-corrected chi connectivity index (χ2v) is 5.55. The maximum atomic E-state index is 14.4. The summed E-state index contributed by atoms with van der Waals surface area (Å²) < 4.78 is 74.9. The molecule has 1 heterocycles. The standard InChI is InChI=1S/C19H15F5N2O4/c1-2-29-18(28)12(9-25-8-10-5-3-4-6-26-10)16(27)11-7-13(20)15(22)17(14(11)21)30-19(23)24/h3-7,9,19,25H,2,8H2,1H3/b12-9-. The smallest absolute Gasteiger partial charge is 0.387 e. The molecule has 0 saturated carbocycles. The molecule has 0 aliphatic rings. The number of Topliss-reactive ketones (excluding diaryl/α,β-unsaturated/α-hetero) is 1. The Kier molecular flexibility index (Phi) is 7.84. The average molecular weight is 430 g/mol. The van der Waals surface area contributed by atoms with E-state index in [2.05, 4.69) is 15.0 Å². The van der Waals surface area contributed by atoms with Crippen molar-refractivity contribution < 1.29 is 41.0 Å². The second kappa shape index (κ2) is 10.3. The Labute approximate surface area is 167 Å². The summed E-state index contributed by atoms with van der Waals surface area (Å²) in [5, 5.41) is 2.60. The summed E-state index contributed by atoms with van der Waals surface area (Å²) in [5.41, 5.74) is -1.44. The average Bonchev–Trinajstić information content (AvgIpc) is 2.71. The highest BCUT2D eigenvalue weighted by Gasteiger charge is 2.30. The Morgan fingerprint density at radius 3 is 2.53 bits per heavy atom. The molecular weight excluding hydrogens is 415 g/mol. The highest BCUT2D eigenvalue weighted by molar-refractivity contribution is 6.24. The predicted molar refractivity (Wildman–Crippen MR) is 93.1 cm³/mol. The highest BCUT2D eigenvalue weighted by Crippen LogP contribution is 2.30. The van der Waals surface area contributed by atoms with Gasteiger partial charge in [-0.25, -0.2) is 13.6 Å². The lowest BCUT2D eigenvalue weighted by atomic mass is 10.0. The molecule has 0 saturated heterocycles. The van der Waals surface area contributed by atoms with Crippen LogP contribution in [0.25, 0.3) is 0 Å². The molecular formula is C19H15F5N2O4. The summed E-state index contributed by atoms with van der Waals surface area (Å²) >= 11 is 0. The van der Waals surface area contributed by atoms with E-state index in [1.165, 1.54) is 13.1 Å². The summed E-state index contributed by atoms with van der Waals surface area (Å²) in [6.07, 6.45) is 2.38. The number of pyridine rings is 1. The second-order valence-electron chi connectivity index (χ2n) is 5.55. The predicted octanol–water partition coefficient (Wildman–Crippen LogP) is 3.52. The zero-order valence-electron chi connectivity index (χ0n) is 15.4. The van der Waals surface area contributed by atoms with Crippen LogP contribution in [0.2, 0.25) is 0 Å². The maximum Gasteiger partial charge on any atom is 0.387 e. The Morgan fingerprint density at radius 2 is 1.93 bits per heavy atom. The Hall–Kier alpha value is -3.50. The van der Waals surface area contributed by atoms with Gasteiger partial charge < -0.3 is 14.8 Å². The molecule has 0 spiro atoms. The van der Waals surface area contributed by atoms with Crippen LogP contribution in [-0.2, 0) is 16.1 Å². The first-order valence-corrected chi connectivity index (χ1v) is 8.43. The van der Waals surface area contributed by atoms with E-state index in [1.807, 2.05) is 0 Å². The number of ether oxygens (including phenoxy) is 2. The number of nitrogens with zero attached hydrogens (tertiary/aromatic N) is 1. The molecule has 11 heteroatoms. The molecule has 30 heavy (non-hydrogen) atoms. The van der Waals surface area contributed by atoms with Crippen molar-refractivity contribution >= 4 is 11.8 Å². The van der Waals surface area contributed by atoms with Crippen LogP contribution in [0.4, 0.5) is 22.0 Å². The largest absolute Gasteiger partial charge is 0.462 e. The Balaban J connectivity index is 2.41. The fourth-order valence-electron chi connectivity index (χ4n) is 2.27. The number of nitrogens with one attached hydrogen (secondary N) is 1. The third-order valence-electron chi connectivity index (χ3n) is 3.56. The van der Waals surface area contributed by atoms with Crippen molar-refractivity contribution in [3.63, 3.8) is 0 Å². The first kappa shape index (κ1) is 22.8. The van der Waals surface area contributed by atoms with Crippen molar-refractivity contribution in [2.24, 2.45) is 0 Å². The maximum absolute atomic E-state index is 14.4. The lowest BCUT2D eigenvalue weighted by Gasteiger charge is -2.12. The summed E-state index contributed by atoms with van der Waals surface area (Å²) in [7, 11) is 0. The molecule has 0 aliphatic carbocycles. The molecule has 1 N–H and O–H groups in total. The molecule has 2 rings (SSSR count). The van der Waals surface area contributed by atoms with Crippen LogP contribution in [0.5, 0.6) is 5.75 Å². The molecule has 1 aromatic carbocycles. The number of hydrogen-bond donors (Lipinski definition) is 1. The van der Waals surface area contributed by atoms with Gasteiger partial charge in [0.25, 0.3) is 0 Å². The monoisotopic (exact) mass is 430 g/mol. The van der Waals surface area contributed by atoms with Gasteiger partial charge in [0.2, 0.25) is 17.3 Å². The first-order chi connectivity index (χ1) is 14.3. The van der Waals surface area contributed by atoms with Crippen LogP contribution in [0.15, 0.2) is 42.2 Å². The van der Waals surface area contributed by atoms with Gasteiger partial charge in [-0.15, -0.1) is 0 Å². The highest BCUT2D eigenvalue weighted by atomic mass is 19.3. The van der Waals surface area contributed by atoms with Crippen LogP contribution in [-0.4, -0.2) is 30.0 Å². The summed E-state index contributed by atoms with van der Waals surface area (Å²) in [4.78, 5) is 28.7. The SMILES string of the molecule is CCOC(=O)/C(=C\NCc1ccccn1)C(=O)c1cc(F)c(F)c(OC(F)F)c1F. The lowest BCUT2D eigenvalue weighted by Crippen LogP contribution is -2.21. The normalized spacial score (nSPS) is 11.4. The van der Waals surface area contributed by atoms with Gasteiger partial charge in [0.1, 0.15) is 5.57 Å². The van der Waals surface area contributed by atoms with E-state index in [0.717, 1.165) is 6.20 Å². The Morgan fingerprint density at radius 1 is 1.20 bits per heavy atom. The number of alkyl halides is 2. The number of benzene rings is 1. The van der Waals surface area contributed by atoms with Crippen molar-refractivity contribution in [3.05, 3.63) is 70.9 Å². The van der Waals surface area contributed by atoms with Crippen molar-refractivity contribution in [1.82, 2.24) is 10.3 Å². The van der Waals surface area contributed by atoms with E-state index in [-0.39, 0.29) is 19.2 Å². The third kappa shape index (κ3) is 5.52. The molecule has 160 valence electrons. The minimum Gasteiger partial charge on any atom is -0.462 e. The topological polar surface area (TPSA) is 77.5 Å². The van der Waals surface area contributed by atoms with Gasteiger partial charge in [-0.3, -0.25) is 9.78 Å². The molecule has 0 unspecified atom stereocenters. The van der Waals surface area contributed by atoms with E-state index in [9.17, 15) is 31.5 Å². The number of ketones is 1. The van der Waals surface area contributed by atoms with Crippen LogP contribution < -0.4 is 10.1 Å². The molecule has 1 aromatic heterocycles. The number of hydrogen-bond acceptors (Lipinski definition) is 6. The van der Waals surface area contributed by atoms with Crippen LogP contribution in [0.1, 0.15) is 23.0 Å². The van der Waals surface area contributed by atoms with Gasteiger partial charge in [-0.2, -0.15) is 13.2 Å². The van der Waals surface area contributed by atoms with Crippen molar-refractivity contribution in [2.45, 2.75) is 20.1 Å². The summed E-state index contributed by atoms with van der Waals surface area (Å²) in [6, 6.07) is 5.12. The fraction of sp³-hybridized carbons (Fsp3) is 0.211. The third-order valence-corrected chi connectivity index (χ3v) is 3.56. The van der Waals surface area contributed by atoms with Crippen LogP contribution >= 0.6 is 0 Å². The molecule has 0 amide bonds. The minimum absolute atomic E-state index is 0.0526. The molecule has 0 bridgehead atoms. The van der Waals surface area contributed by atoms with Gasteiger partial charge in [-0.05, 0) is 25.1 Å². The minimum atomic E-state index is -3.68. The number of esters is 1. The van der Waals surface area contributed by atoms with Crippen molar-refractivity contribution in [3.8, 4) is 5.75 Å². The quantitative estimate of drug-likeness (QED) is 0.125. The van der Waals surface area contributed by atoms with Crippen LogP contribution in [0.3, 0.4) is 0 Å². The fourth-order valence-corrected chi connectivity index (χ4v) is 2.27. The van der Waals surface area contributed by atoms with Gasteiger partial charge in [0.15, 0.2) is 11.6 Å². The first-order valence-electron chi connectivity index (χ1n) is 8.43. The molecule has 6 nitrogen and oxygen atoms in total. The molecule has 0 aliphatic heterocycles. The number of carbonyl (C=O) groups excluding carboxylic acids is 2. The van der Waals surface area contributed by atoms with E-state index < -0.39 is 52.7 Å². The van der Waals surface area contributed by atoms with Gasteiger partial charge in [-0.1, -0.05) is 6.07 Å². The summed E-state index contributed by atoms with van der Waals surface area (Å²) in [6.45, 7) is -2.34. The lowest BCUT2D eigenvalue weighted by molar-refractivity contribution is -0.138. The van der Waals surface area contributed by atoms with Crippen molar-refractivity contribution in [2.75, 3.05) is 6.61 Å². The number of aromatic nitrogens is 1. The molecule has 0 radical (unpaired) electrons. The van der Waals surface area contributed by atoms with Gasteiger partial charge >= 0.3 is 12.6 Å².